The molecule has 2 aromatic carbocycles. The average Bonchev–Trinajstić information content (AvgIpc) is 3.28. The lowest BCUT2D eigenvalue weighted by Crippen LogP contribution is -2.35. The van der Waals surface area contributed by atoms with Crippen LogP contribution >= 0.6 is 11.8 Å². The minimum atomic E-state index is -0.425. The van der Waals surface area contributed by atoms with Crippen molar-refractivity contribution in [2.45, 2.75) is 20.3 Å². The fourth-order valence-electron chi connectivity index (χ4n) is 3.39. The Hall–Kier alpha value is -3.52. The van der Waals surface area contributed by atoms with E-state index in [1.54, 1.807) is 41.8 Å². The van der Waals surface area contributed by atoms with Crippen LogP contribution in [-0.2, 0) is 4.79 Å². The highest BCUT2D eigenvalue weighted by atomic mass is 32.2. The SMILES string of the molecule is COc1cc(/C=C2/C(=N)N3C=CSC3=NC2=O)ccc1OCCCOc1cccc(C)c1C. The Kier molecular flexibility index (Phi) is 6.84. The minimum Gasteiger partial charge on any atom is -0.493 e. The molecule has 0 fully saturated rings. The number of fused-ring (bicyclic) bond motifs is 1. The molecule has 2 heterocycles. The Labute approximate surface area is 197 Å². The van der Waals surface area contributed by atoms with Gasteiger partial charge in [0.15, 0.2) is 16.7 Å². The molecule has 0 atom stereocenters. The smallest absolute Gasteiger partial charge is 0.283 e. The molecular formula is C25H25N3O4S. The normalized spacial score (nSPS) is 16.2. The highest BCUT2D eigenvalue weighted by molar-refractivity contribution is 8.16. The van der Waals surface area contributed by atoms with E-state index in [1.165, 1.54) is 17.3 Å². The van der Waals surface area contributed by atoms with E-state index in [9.17, 15) is 4.79 Å². The quantitative estimate of drug-likeness (QED) is 0.441. The summed E-state index contributed by atoms with van der Waals surface area (Å²) in [6, 6.07) is 11.4. The first-order chi connectivity index (χ1) is 16.0. The minimum absolute atomic E-state index is 0.106. The van der Waals surface area contributed by atoms with Crippen molar-refractivity contribution in [2.75, 3.05) is 20.3 Å². The molecule has 1 amide bonds. The standard InChI is InChI=1S/C25H25N3O4S/c1-16-6-4-7-20(17(16)2)31-11-5-12-32-21-9-8-18(15-22(21)30-3)14-19-23(26)28-10-13-33-25(28)27-24(19)29/h4,6-10,13-15,26H,5,11-12H2,1-3H3/b19-14-,26-23?. The van der Waals surface area contributed by atoms with Crippen molar-refractivity contribution in [3.8, 4) is 17.2 Å². The van der Waals surface area contributed by atoms with E-state index < -0.39 is 5.91 Å². The number of hydrogen-bond acceptors (Lipinski definition) is 6. The number of amidine groups is 2. The number of methoxy groups -OCH3 is 1. The first kappa shape index (κ1) is 22.7. The van der Waals surface area contributed by atoms with Crippen LogP contribution in [-0.4, -0.2) is 42.1 Å². The molecule has 0 bridgehead atoms. The second-order valence-electron chi connectivity index (χ2n) is 7.54. The number of carbonyl (C=O) groups is 1. The van der Waals surface area contributed by atoms with Crippen LogP contribution in [0.3, 0.4) is 0 Å². The van der Waals surface area contributed by atoms with Crippen LogP contribution in [0.2, 0.25) is 0 Å². The molecule has 8 heteroatoms. The summed E-state index contributed by atoms with van der Waals surface area (Å²) < 4.78 is 17.2. The number of aryl methyl sites for hydroxylation is 1. The maximum absolute atomic E-state index is 12.4. The zero-order valence-corrected chi connectivity index (χ0v) is 19.6. The number of ether oxygens (including phenoxy) is 3. The van der Waals surface area contributed by atoms with E-state index in [4.69, 9.17) is 19.6 Å². The van der Waals surface area contributed by atoms with E-state index in [0.29, 0.717) is 29.9 Å². The molecule has 1 N–H and O–H groups in total. The van der Waals surface area contributed by atoms with Gasteiger partial charge in [0, 0.05) is 12.6 Å². The van der Waals surface area contributed by atoms with Gasteiger partial charge in [-0.2, -0.15) is 4.99 Å². The van der Waals surface area contributed by atoms with Gasteiger partial charge in [-0.05, 0) is 60.2 Å². The summed E-state index contributed by atoms with van der Waals surface area (Å²) in [6.07, 6.45) is 4.09. The van der Waals surface area contributed by atoms with E-state index in [1.807, 2.05) is 18.2 Å². The third-order valence-corrected chi connectivity index (χ3v) is 6.13. The highest BCUT2D eigenvalue weighted by Crippen LogP contribution is 2.31. The van der Waals surface area contributed by atoms with E-state index in [0.717, 1.165) is 23.3 Å². The molecule has 7 nitrogen and oxygen atoms in total. The van der Waals surface area contributed by atoms with Crippen LogP contribution in [0.1, 0.15) is 23.1 Å². The monoisotopic (exact) mass is 463 g/mol. The van der Waals surface area contributed by atoms with Gasteiger partial charge in [-0.15, -0.1) is 0 Å². The predicted octanol–water partition coefficient (Wildman–Crippen LogP) is 4.94. The van der Waals surface area contributed by atoms with Crippen LogP contribution in [0.25, 0.3) is 6.08 Å². The van der Waals surface area contributed by atoms with Crippen LogP contribution < -0.4 is 14.2 Å². The van der Waals surface area contributed by atoms with E-state index >= 15 is 0 Å². The first-order valence-electron chi connectivity index (χ1n) is 10.5. The second kappa shape index (κ2) is 9.95. The number of carbonyl (C=O) groups excluding carboxylic acids is 1. The Bertz CT molecular complexity index is 1190. The zero-order chi connectivity index (χ0) is 23.4. The number of amides is 1. The predicted molar refractivity (Wildman–Crippen MR) is 131 cm³/mol. The van der Waals surface area contributed by atoms with Crippen molar-refractivity contribution in [3.05, 3.63) is 70.3 Å². The molecule has 2 aliphatic rings. The van der Waals surface area contributed by atoms with Gasteiger partial charge >= 0.3 is 0 Å². The molecular weight excluding hydrogens is 438 g/mol. The lowest BCUT2D eigenvalue weighted by Gasteiger charge is -2.22. The average molecular weight is 464 g/mol. The van der Waals surface area contributed by atoms with Gasteiger partial charge < -0.3 is 14.2 Å². The van der Waals surface area contributed by atoms with Crippen molar-refractivity contribution in [1.82, 2.24) is 4.90 Å². The third-order valence-electron chi connectivity index (χ3n) is 5.37. The van der Waals surface area contributed by atoms with Crippen molar-refractivity contribution >= 4 is 34.7 Å². The Morgan fingerprint density at radius 1 is 1.09 bits per heavy atom. The van der Waals surface area contributed by atoms with E-state index in [-0.39, 0.29) is 11.4 Å². The van der Waals surface area contributed by atoms with Gasteiger partial charge in [0.2, 0.25) is 0 Å². The number of nitrogens with one attached hydrogen (secondary N) is 1. The molecule has 33 heavy (non-hydrogen) atoms. The topological polar surface area (TPSA) is 84.2 Å². The molecule has 4 rings (SSSR count). The van der Waals surface area contributed by atoms with Gasteiger partial charge in [-0.25, -0.2) is 0 Å². The lowest BCUT2D eigenvalue weighted by atomic mass is 10.1. The molecule has 0 aromatic heterocycles. The molecule has 0 aliphatic carbocycles. The van der Waals surface area contributed by atoms with Gasteiger partial charge in [-0.3, -0.25) is 15.1 Å². The fourth-order valence-corrected chi connectivity index (χ4v) is 4.10. The van der Waals surface area contributed by atoms with Crippen LogP contribution in [0.15, 0.2) is 58.6 Å². The van der Waals surface area contributed by atoms with Gasteiger partial charge in [0.05, 0.1) is 25.9 Å². The summed E-state index contributed by atoms with van der Waals surface area (Å²) in [7, 11) is 1.57. The number of hydrogen-bond donors (Lipinski definition) is 1. The van der Waals surface area contributed by atoms with Gasteiger partial charge in [0.1, 0.15) is 11.6 Å². The maximum atomic E-state index is 12.4. The summed E-state index contributed by atoms with van der Waals surface area (Å²) in [6.45, 7) is 5.14. The Morgan fingerprint density at radius 3 is 2.67 bits per heavy atom. The largest absolute Gasteiger partial charge is 0.493 e. The molecule has 0 unspecified atom stereocenters. The van der Waals surface area contributed by atoms with Crippen LogP contribution in [0.5, 0.6) is 17.2 Å². The first-order valence-corrected chi connectivity index (χ1v) is 11.4. The molecule has 2 aliphatic heterocycles. The molecule has 2 aromatic rings. The van der Waals surface area contributed by atoms with Crippen LogP contribution in [0, 0.1) is 19.3 Å². The van der Waals surface area contributed by atoms with Crippen molar-refractivity contribution < 1.29 is 19.0 Å². The number of thioether (sulfide) groups is 1. The van der Waals surface area contributed by atoms with Gasteiger partial charge in [0.25, 0.3) is 5.91 Å². The number of benzene rings is 2. The summed E-state index contributed by atoms with van der Waals surface area (Å²) in [5.74, 6) is 1.73. The lowest BCUT2D eigenvalue weighted by molar-refractivity contribution is -0.114. The molecule has 0 saturated heterocycles. The van der Waals surface area contributed by atoms with Crippen molar-refractivity contribution in [3.63, 3.8) is 0 Å². The third kappa shape index (κ3) is 4.96. The summed E-state index contributed by atoms with van der Waals surface area (Å²) in [5.41, 5.74) is 3.30. The molecule has 0 radical (unpaired) electrons. The molecule has 0 saturated carbocycles. The number of rotatable bonds is 8. The summed E-state index contributed by atoms with van der Waals surface area (Å²) in [5, 5.41) is 10.6. The molecule has 170 valence electrons. The Balaban J connectivity index is 1.37. The zero-order valence-electron chi connectivity index (χ0n) is 18.8. The van der Waals surface area contributed by atoms with E-state index in [2.05, 4.69) is 24.9 Å². The van der Waals surface area contributed by atoms with Crippen molar-refractivity contribution in [1.29, 1.82) is 5.41 Å². The molecule has 0 spiro atoms. The van der Waals surface area contributed by atoms with Crippen molar-refractivity contribution in [2.24, 2.45) is 4.99 Å². The number of nitrogens with zero attached hydrogens (tertiary/aromatic N) is 2. The highest BCUT2D eigenvalue weighted by Gasteiger charge is 2.31. The number of aliphatic imine (C=N–C) groups is 1. The summed E-state index contributed by atoms with van der Waals surface area (Å²) in [4.78, 5) is 18.0. The summed E-state index contributed by atoms with van der Waals surface area (Å²) >= 11 is 1.32. The Morgan fingerprint density at radius 2 is 1.88 bits per heavy atom. The fraction of sp³-hybridized carbons (Fsp3) is 0.240. The van der Waals surface area contributed by atoms with Gasteiger partial charge in [-0.1, -0.05) is 30.0 Å². The maximum Gasteiger partial charge on any atom is 0.283 e. The second-order valence-corrected chi connectivity index (χ2v) is 8.41. The van der Waals surface area contributed by atoms with Crippen LogP contribution in [0.4, 0.5) is 0 Å².